The molecule has 16 heavy (non-hydrogen) atoms. The first-order valence-electron chi connectivity index (χ1n) is 5.09. The number of alkyl halides is 2. The summed E-state index contributed by atoms with van der Waals surface area (Å²) < 4.78 is 31.5. The summed E-state index contributed by atoms with van der Waals surface area (Å²) >= 11 is 0. The third-order valence-electron chi connectivity index (χ3n) is 2.07. The number of aromatic nitrogens is 3. The van der Waals surface area contributed by atoms with E-state index in [1.165, 1.54) is 0 Å². The molecule has 1 rings (SSSR count). The number of hydrogen-bond acceptors (Lipinski definition) is 4. The highest BCUT2D eigenvalue weighted by Crippen LogP contribution is 2.21. The van der Waals surface area contributed by atoms with Gasteiger partial charge in [-0.15, -0.1) is 5.10 Å². The van der Waals surface area contributed by atoms with E-state index in [0.29, 0.717) is 26.2 Å². The minimum atomic E-state index is -2.68. The van der Waals surface area contributed by atoms with E-state index in [-0.39, 0.29) is 11.4 Å². The van der Waals surface area contributed by atoms with Crippen LogP contribution in [-0.2, 0) is 17.9 Å². The van der Waals surface area contributed by atoms with Crippen molar-refractivity contribution in [1.82, 2.24) is 15.0 Å². The molecule has 0 aromatic carbocycles. The molecule has 1 aromatic rings. The average molecular weight is 235 g/mol. The predicted molar refractivity (Wildman–Crippen MR) is 52.0 cm³/mol. The number of aliphatic hydroxyl groups is 1. The molecule has 0 amide bonds. The van der Waals surface area contributed by atoms with Gasteiger partial charge in [-0.3, -0.25) is 0 Å². The molecule has 0 atom stereocenters. The predicted octanol–water partition coefficient (Wildman–Crippen LogP) is 1.13. The Hall–Kier alpha value is -1.08. The van der Waals surface area contributed by atoms with Crippen LogP contribution < -0.4 is 0 Å². The molecular weight excluding hydrogens is 220 g/mol. The second kappa shape index (κ2) is 6.49. The molecule has 0 aliphatic rings. The van der Waals surface area contributed by atoms with Crippen LogP contribution in [0.4, 0.5) is 8.78 Å². The molecule has 0 radical (unpaired) electrons. The highest BCUT2D eigenvalue weighted by Gasteiger charge is 2.20. The van der Waals surface area contributed by atoms with Crippen molar-refractivity contribution in [3.8, 4) is 0 Å². The van der Waals surface area contributed by atoms with Gasteiger partial charge in [0, 0.05) is 19.8 Å². The van der Waals surface area contributed by atoms with Crippen molar-refractivity contribution in [2.45, 2.75) is 32.9 Å². The van der Waals surface area contributed by atoms with Crippen LogP contribution in [-0.4, -0.2) is 33.3 Å². The zero-order chi connectivity index (χ0) is 12.0. The number of hydrogen-bond donors (Lipinski definition) is 1. The summed E-state index contributed by atoms with van der Waals surface area (Å²) in [6, 6.07) is 0. The van der Waals surface area contributed by atoms with Gasteiger partial charge in [-0.05, 0) is 13.3 Å². The largest absolute Gasteiger partial charge is 0.390 e. The van der Waals surface area contributed by atoms with Crippen LogP contribution in [0.3, 0.4) is 0 Å². The molecule has 0 aliphatic carbocycles. The van der Waals surface area contributed by atoms with E-state index in [4.69, 9.17) is 9.84 Å². The quantitative estimate of drug-likeness (QED) is 0.720. The topological polar surface area (TPSA) is 60.2 Å². The van der Waals surface area contributed by atoms with Crippen molar-refractivity contribution in [3.63, 3.8) is 0 Å². The summed E-state index contributed by atoms with van der Waals surface area (Å²) in [5.74, 6) is 0. The highest BCUT2D eigenvalue weighted by molar-refractivity contribution is 5.10. The molecule has 0 saturated carbocycles. The Labute approximate surface area is 92.0 Å². The van der Waals surface area contributed by atoms with E-state index in [1.807, 2.05) is 6.92 Å². The number of aryl methyl sites for hydroxylation is 1. The molecule has 0 aliphatic heterocycles. The van der Waals surface area contributed by atoms with Gasteiger partial charge >= 0.3 is 0 Å². The standard InChI is InChI=1S/C9H15F2N3O2/c1-2-16-5-3-4-14-8(9(10)11)7(6-15)12-13-14/h9,15H,2-6H2,1H3. The fraction of sp³-hybridized carbons (Fsp3) is 0.778. The maximum atomic E-state index is 12.6. The minimum absolute atomic E-state index is 0.0635. The maximum Gasteiger partial charge on any atom is 0.282 e. The Kier molecular flexibility index (Phi) is 5.27. The summed E-state index contributed by atoms with van der Waals surface area (Å²) in [6.45, 7) is 2.75. The Balaban J connectivity index is 2.61. The summed E-state index contributed by atoms with van der Waals surface area (Å²) in [6.07, 6.45) is -2.09. The molecule has 1 heterocycles. The molecule has 0 unspecified atom stereocenters. The lowest BCUT2D eigenvalue weighted by molar-refractivity contribution is 0.126. The Morgan fingerprint density at radius 1 is 1.50 bits per heavy atom. The van der Waals surface area contributed by atoms with Gasteiger partial charge in [-0.1, -0.05) is 5.21 Å². The van der Waals surface area contributed by atoms with Gasteiger partial charge in [0.2, 0.25) is 0 Å². The Morgan fingerprint density at radius 3 is 2.81 bits per heavy atom. The fourth-order valence-electron chi connectivity index (χ4n) is 1.33. The third-order valence-corrected chi connectivity index (χ3v) is 2.07. The van der Waals surface area contributed by atoms with Gasteiger partial charge in [-0.25, -0.2) is 13.5 Å². The lowest BCUT2D eigenvalue weighted by Crippen LogP contribution is -2.09. The van der Waals surface area contributed by atoms with Gasteiger partial charge < -0.3 is 9.84 Å². The van der Waals surface area contributed by atoms with Crippen molar-refractivity contribution in [1.29, 1.82) is 0 Å². The van der Waals surface area contributed by atoms with E-state index in [2.05, 4.69) is 10.3 Å². The molecule has 5 nitrogen and oxygen atoms in total. The molecule has 0 spiro atoms. The van der Waals surface area contributed by atoms with E-state index >= 15 is 0 Å². The SMILES string of the molecule is CCOCCCn1nnc(CO)c1C(F)F. The van der Waals surface area contributed by atoms with Gasteiger partial charge in [0.1, 0.15) is 11.4 Å². The zero-order valence-corrected chi connectivity index (χ0v) is 9.07. The number of halogens is 2. The molecule has 7 heteroatoms. The van der Waals surface area contributed by atoms with Crippen molar-refractivity contribution in [3.05, 3.63) is 11.4 Å². The number of aliphatic hydroxyl groups excluding tert-OH is 1. The second-order valence-corrected chi connectivity index (χ2v) is 3.15. The van der Waals surface area contributed by atoms with Gasteiger partial charge in [0.25, 0.3) is 6.43 Å². The highest BCUT2D eigenvalue weighted by atomic mass is 19.3. The fourth-order valence-corrected chi connectivity index (χ4v) is 1.33. The molecule has 0 bridgehead atoms. The summed E-state index contributed by atoms with van der Waals surface area (Å²) in [5, 5.41) is 15.9. The van der Waals surface area contributed by atoms with Crippen LogP contribution in [0.1, 0.15) is 31.2 Å². The van der Waals surface area contributed by atoms with Gasteiger partial charge in [-0.2, -0.15) is 0 Å². The van der Waals surface area contributed by atoms with Crippen molar-refractivity contribution in [2.75, 3.05) is 13.2 Å². The van der Waals surface area contributed by atoms with E-state index in [9.17, 15) is 8.78 Å². The van der Waals surface area contributed by atoms with Crippen LogP contribution in [0.5, 0.6) is 0 Å². The van der Waals surface area contributed by atoms with Crippen molar-refractivity contribution in [2.24, 2.45) is 0 Å². The zero-order valence-electron chi connectivity index (χ0n) is 9.07. The maximum absolute atomic E-state index is 12.6. The summed E-state index contributed by atoms with van der Waals surface area (Å²) in [4.78, 5) is 0. The molecule has 1 aromatic heterocycles. The first-order chi connectivity index (χ1) is 7.70. The number of ether oxygens (including phenoxy) is 1. The van der Waals surface area contributed by atoms with Crippen LogP contribution in [0.25, 0.3) is 0 Å². The molecule has 0 fully saturated rings. The Morgan fingerprint density at radius 2 is 2.25 bits per heavy atom. The van der Waals surface area contributed by atoms with Gasteiger partial charge in [0.05, 0.1) is 6.61 Å². The first-order valence-corrected chi connectivity index (χ1v) is 5.09. The van der Waals surface area contributed by atoms with E-state index in [0.717, 1.165) is 4.68 Å². The lowest BCUT2D eigenvalue weighted by atomic mass is 10.3. The lowest BCUT2D eigenvalue weighted by Gasteiger charge is -2.06. The summed E-state index contributed by atoms with van der Waals surface area (Å²) in [7, 11) is 0. The molecule has 92 valence electrons. The molecule has 1 N–H and O–H groups in total. The van der Waals surface area contributed by atoms with Gasteiger partial charge in [0.15, 0.2) is 0 Å². The molecule has 0 saturated heterocycles. The third kappa shape index (κ3) is 3.21. The normalized spacial score (nSPS) is 11.3. The summed E-state index contributed by atoms with van der Waals surface area (Å²) in [5.41, 5.74) is -0.370. The molecular formula is C9H15F2N3O2. The van der Waals surface area contributed by atoms with Crippen molar-refractivity contribution < 1.29 is 18.6 Å². The first kappa shape index (κ1) is 13.0. The minimum Gasteiger partial charge on any atom is -0.390 e. The number of nitrogens with zero attached hydrogens (tertiary/aromatic N) is 3. The Bertz CT molecular complexity index is 318. The van der Waals surface area contributed by atoms with E-state index < -0.39 is 13.0 Å². The van der Waals surface area contributed by atoms with E-state index in [1.54, 1.807) is 0 Å². The number of rotatable bonds is 7. The van der Waals surface area contributed by atoms with Crippen LogP contribution in [0.2, 0.25) is 0 Å². The second-order valence-electron chi connectivity index (χ2n) is 3.15. The monoisotopic (exact) mass is 235 g/mol. The van der Waals surface area contributed by atoms with Crippen LogP contribution >= 0.6 is 0 Å². The van der Waals surface area contributed by atoms with Crippen LogP contribution in [0.15, 0.2) is 0 Å². The average Bonchev–Trinajstić information content (AvgIpc) is 2.67. The smallest absolute Gasteiger partial charge is 0.282 e. The van der Waals surface area contributed by atoms with Crippen LogP contribution in [0, 0.1) is 0 Å². The van der Waals surface area contributed by atoms with Crippen molar-refractivity contribution >= 4 is 0 Å².